The molecule has 4 nitrogen and oxygen atoms in total. The van der Waals surface area contributed by atoms with E-state index in [1.165, 1.54) is 19.3 Å². The summed E-state index contributed by atoms with van der Waals surface area (Å²) in [7, 11) is 0. The predicted molar refractivity (Wildman–Crippen MR) is 67.3 cm³/mol. The first-order valence-electron chi connectivity index (χ1n) is 6.61. The van der Waals surface area contributed by atoms with Gasteiger partial charge >= 0.3 is 0 Å². The van der Waals surface area contributed by atoms with Crippen molar-refractivity contribution < 1.29 is 14.6 Å². The predicted octanol–water partition coefficient (Wildman–Crippen LogP) is 2.00. The first kappa shape index (κ1) is 14.3. The van der Waals surface area contributed by atoms with Crippen LogP contribution in [0.1, 0.15) is 39.5 Å². The Kier molecular flexibility index (Phi) is 7.05. The van der Waals surface area contributed by atoms with Crippen LogP contribution in [-0.4, -0.2) is 31.2 Å². The average molecular weight is 243 g/mol. The normalized spacial score (nSPS) is 20.6. The molecule has 0 aromatic rings. The molecule has 2 atom stereocenters. The van der Waals surface area contributed by atoms with Gasteiger partial charge in [0.05, 0.1) is 25.5 Å². The van der Waals surface area contributed by atoms with Gasteiger partial charge in [0.1, 0.15) is 6.26 Å². The van der Waals surface area contributed by atoms with Crippen molar-refractivity contribution in [1.29, 1.82) is 0 Å². The van der Waals surface area contributed by atoms with E-state index < -0.39 is 0 Å². The van der Waals surface area contributed by atoms with Crippen LogP contribution >= 0.6 is 0 Å². The summed E-state index contributed by atoms with van der Waals surface area (Å²) >= 11 is 0. The minimum Gasteiger partial charge on any atom is -0.476 e. The monoisotopic (exact) mass is 243 g/mol. The zero-order valence-electron chi connectivity index (χ0n) is 10.9. The minimum atomic E-state index is 0.0612. The molecule has 0 bridgehead atoms. The molecular weight excluding hydrogens is 218 g/mol. The molecular formula is C13H25NO3. The second-order valence-corrected chi connectivity index (χ2v) is 4.43. The van der Waals surface area contributed by atoms with E-state index in [0.717, 1.165) is 12.1 Å². The van der Waals surface area contributed by atoms with Crippen molar-refractivity contribution in [3.63, 3.8) is 0 Å². The Labute approximate surface area is 104 Å². The van der Waals surface area contributed by atoms with Crippen LogP contribution in [0.3, 0.4) is 0 Å². The molecule has 2 N–H and O–H groups in total. The van der Waals surface area contributed by atoms with E-state index in [-0.39, 0.29) is 12.8 Å². The molecule has 0 aliphatic carbocycles. The van der Waals surface area contributed by atoms with Crippen LogP contribution in [0, 0.1) is 5.92 Å². The number of unbranched alkanes of at least 4 members (excludes halogenated alkanes) is 1. The van der Waals surface area contributed by atoms with Gasteiger partial charge in [-0.15, -0.1) is 0 Å². The lowest BCUT2D eigenvalue weighted by Crippen LogP contribution is -2.33. The van der Waals surface area contributed by atoms with Crippen molar-refractivity contribution in [3.8, 4) is 0 Å². The fourth-order valence-electron chi connectivity index (χ4n) is 1.99. The van der Waals surface area contributed by atoms with Gasteiger partial charge in [0.2, 0.25) is 0 Å². The van der Waals surface area contributed by atoms with Crippen LogP contribution in [0.15, 0.2) is 12.0 Å². The van der Waals surface area contributed by atoms with Crippen LogP contribution in [0.25, 0.3) is 0 Å². The Morgan fingerprint density at radius 1 is 1.53 bits per heavy atom. The Bertz CT molecular complexity index is 231. The summed E-state index contributed by atoms with van der Waals surface area (Å²) in [4.78, 5) is 0. The number of nitrogens with one attached hydrogen (secondary N) is 1. The topological polar surface area (TPSA) is 50.7 Å². The highest BCUT2D eigenvalue weighted by Crippen LogP contribution is 2.22. The number of rotatable bonds is 9. The molecule has 0 aromatic carbocycles. The van der Waals surface area contributed by atoms with Crippen molar-refractivity contribution in [2.75, 3.05) is 19.8 Å². The zero-order chi connectivity index (χ0) is 12.5. The summed E-state index contributed by atoms with van der Waals surface area (Å²) < 4.78 is 10.9. The average Bonchev–Trinajstić information content (AvgIpc) is 2.79. The van der Waals surface area contributed by atoms with E-state index in [4.69, 9.17) is 14.6 Å². The first-order valence-corrected chi connectivity index (χ1v) is 6.61. The maximum Gasteiger partial charge on any atom is 0.171 e. The van der Waals surface area contributed by atoms with Crippen molar-refractivity contribution in [1.82, 2.24) is 5.32 Å². The molecule has 0 saturated heterocycles. The molecule has 0 saturated carbocycles. The van der Waals surface area contributed by atoms with Crippen molar-refractivity contribution >= 4 is 0 Å². The Hall–Kier alpha value is -0.740. The van der Waals surface area contributed by atoms with E-state index in [2.05, 4.69) is 19.2 Å². The second kappa shape index (κ2) is 8.37. The quantitative estimate of drug-likeness (QED) is 0.608. The van der Waals surface area contributed by atoms with Gasteiger partial charge in [0.25, 0.3) is 0 Å². The summed E-state index contributed by atoms with van der Waals surface area (Å²) in [6.45, 7) is 5.33. The fraction of sp³-hybridized carbons (Fsp3) is 0.846. The van der Waals surface area contributed by atoms with E-state index in [1.54, 1.807) is 6.26 Å². The standard InChI is InChI=1S/C13H25NO3/c1-3-5-6-11(4-2)13-14-12(10-17-13)9-16-8-7-15/h10-11,13-15H,3-9H2,1-2H3. The van der Waals surface area contributed by atoms with E-state index in [0.29, 0.717) is 19.1 Å². The maximum absolute atomic E-state index is 8.62. The van der Waals surface area contributed by atoms with Gasteiger partial charge in [-0.05, 0) is 12.8 Å². The molecule has 0 aromatic heterocycles. The number of ether oxygens (including phenoxy) is 2. The van der Waals surface area contributed by atoms with E-state index in [9.17, 15) is 0 Å². The summed E-state index contributed by atoms with van der Waals surface area (Å²) in [5.74, 6) is 0.557. The SMILES string of the molecule is CCCCC(CC)C1NC(COCCO)=CO1. The smallest absolute Gasteiger partial charge is 0.171 e. The largest absolute Gasteiger partial charge is 0.476 e. The Morgan fingerprint density at radius 3 is 3.00 bits per heavy atom. The highest BCUT2D eigenvalue weighted by molar-refractivity contribution is 5.02. The number of aliphatic hydroxyl groups excluding tert-OH is 1. The molecule has 0 amide bonds. The molecule has 100 valence electrons. The summed E-state index contributed by atoms with van der Waals surface area (Å²) in [5, 5.41) is 12.0. The van der Waals surface area contributed by atoms with Gasteiger partial charge in [-0.1, -0.05) is 26.7 Å². The minimum absolute atomic E-state index is 0.0612. The van der Waals surface area contributed by atoms with Crippen LogP contribution < -0.4 is 5.32 Å². The molecule has 0 radical (unpaired) electrons. The molecule has 17 heavy (non-hydrogen) atoms. The lowest BCUT2D eigenvalue weighted by atomic mass is 9.97. The third-order valence-corrected chi connectivity index (χ3v) is 3.06. The van der Waals surface area contributed by atoms with Gasteiger partial charge in [0, 0.05) is 5.92 Å². The first-order chi connectivity index (χ1) is 8.31. The van der Waals surface area contributed by atoms with Crippen LogP contribution in [-0.2, 0) is 9.47 Å². The lowest BCUT2D eigenvalue weighted by Gasteiger charge is -2.22. The Balaban J connectivity index is 2.25. The Morgan fingerprint density at radius 2 is 2.35 bits per heavy atom. The molecule has 1 rings (SSSR count). The van der Waals surface area contributed by atoms with Crippen molar-refractivity contribution in [2.45, 2.75) is 45.8 Å². The van der Waals surface area contributed by atoms with Crippen LogP contribution in [0.2, 0.25) is 0 Å². The molecule has 0 spiro atoms. The van der Waals surface area contributed by atoms with Crippen LogP contribution in [0.5, 0.6) is 0 Å². The van der Waals surface area contributed by atoms with E-state index in [1.807, 2.05) is 0 Å². The maximum atomic E-state index is 8.62. The summed E-state index contributed by atoms with van der Waals surface area (Å²) in [6, 6.07) is 0. The fourth-order valence-corrected chi connectivity index (χ4v) is 1.99. The second-order valence-electron chi connectivity index (χ2n) is 4.43. The summed E-state index contributed by atoms with van der Waals surface area (Å²) in [5.41, 5.74) is 0.971. The molecule has 0 fully saturated rings. The van der Waals surface area contributed by atoms with Gasteiger partial charge < -0.3 is 19.9 Å². The number of hydrogen-bond acceptors (Lipinski definition) is 4. The molecule has 1 heterocycles. The van der Waals surface area contributed by atoms with Gasteiger partial charge in [-0.25, -0.2) is 0 Å². The lowest BCUT2D eigenvalue weighted by molar-refractivity contribution is 0.0784. The highest BCUT2D eigenvalue weighted by atomic mass is 16.5. The molecule has 4 heteroatoms. The summed E-state index contributed by atoms with van der Waals surface area (Å²) in [6.07, 6.45) is 6.63. The van der Waals surface area contributed by atoms with Gasteiger partial charge in [-0.3, -0.25) is 0 Å². The van der Waals surface area contributed by atoms with Gasteiger partial charge in [0.15, 0.2) is 6.23 Å². The van der Waals surface area contributed by atoms with Crippen molar-refractivity contribution in [3.05, 3.63) is 12.0 Å². The molecule has 1 aliphatic rings. The number of aliphatic hydroxyl groups is 1. The van der Waals surface area contributed by atoms with Crippen molar-refractivity contribution in [2.24, 2.45) is 5.92 Å². The molecule has 1 aliphatic heterocycles. The third kappa shape index (κ3) is 4.96. The van der Waals surface area contributed by atoms with Gasteiger partial charge in [-0.2, -0.15) is 0 Å². The van der Waals surface area contributed by atoms with E-state index >= 15 is 0 Å². The highest BCUT2D eigenvalue weighted by Gasteiger charge is 2.25. The van der Waals surface area contributed by atoms with Crippen LogP contribution in [0.4, 0.5) is 0 Å². The zero-order valence-corrected chi connectivity index (χ0v) is 10.9. The third-order valence-electron chi connectivity index (χ3n) is 3.06. The number of hydrogen-bond donors (Lipinski definition) is 2. The molecule has 2 unspecified atom stereocenters.